The maximum atomic E-state index is 12.0. The van der Waals surface area contributed by atoms with Crippen molar-refractivity contribution in [1.29, 1.82) is 0 Å². The number of rotatable bonds is 4. The van der Waals surface area contributed by atoms with Gasteiger partial charge in [0, 0.05) is 22.8 Å². The molecule has 0 aliphatic heterocycles. The van der Waals surface area contributed by atoms with Crippen LogP contribution in [-0.2, 0) is 6.54 Å². The molecule has 1 aromatic carbocycles. The monoisotopic (exact) mass is 324 g/mol. The minimum absolute atomic E-state index is 0.233. The molecule has 0 spiro atoms. The maximum Gasteiger partial charge on any atom is 0.271 e. The number of carbonyl (C=O) groups excluding carboxylic acids is 1. The van der Waals surface area contributed by atoms with E-state index in [2.05, 4.69) is 39.3 Å². The SMILES string of the molecule is Cc1ccccc1-c1nc(C)c(CNC(=O)c2cnccn2)s1. The Labute approximate surface area is 138 Å². The summed E-state index contributed by atoms with van der Waals surface area (Å²) in [6.07, 6.45) is 4.50. The quantitative estimate of drug-likeness (QED) is 0.800. The third-order valence-electron chi connectivity index (χ3n) is 3.47. The molecule has 0 aliphatic rings. The Morgan fingerprint density at radius 1 is 1.22 bits per heavy atom. The molecule has 0 radical (unpaired) electrons. The van der Waals surface area contributed by atoms with Gasteiger partial charge >= 0.3 is 0 Å². The van der Waals surface area contributed by atoms with Crippen molar-refractivity contribution in [2.75, 3.05) is 0 Å². The number of thiazole rings is 1. The van der Waals surface area contributed by atoms with Gasteiger partial charge in [0.15, 0.2) is 0 Å². The average molecular weight is 324 g/mol. The molecule has 3 rings (SSSR count). The van der Waals surface area contributed by atoms with Gasteiger partial charge in [-0.3, -0.25) is 9.78 Å². The van der Waals surface area contributed by atoms with Crippen LogP contribution in [0.3, 0.4) is 0 Å². The molecule has 23 heavy (non-hydrogen) atoms. The van der Waals surface area contributed by atoms with Gasteiger partial charge in [-0.2, -0.15) is 0 Å². The summed E-state index contributed by atoms with van der Waals surface area (Å²) in [5.74, 6) is -0.233. The van der Waals surface area contributed by atoms with Gasteiger partial charge in [0.25, 0.3) is 5.91 Å². The van der Waals surface area contributed by atoms with E-state index in [0.717, 1.165) is 21.1 Å². The molecule has 0 saturated heterocycles. The molecule has 116 valence electrons. The van der Waals surface area contributed by atoms with Gasteiger partial charge in [0.1, 0.15) is 10.7 Å². The molecule has 6 heteroatoms. The summed E-state index contributed by atoms with van der Waals surface area (Å²) in [4.78, 5) is 25.6. The number of aromatic nitrogens is 3. The molecule has 0 aliphatic carbocycles. The Morgan fingerprint density at radius 2 is 2.04 bits per heavy atom. The van der Waals surface area contributed by atoms with E-state index >= 15 is 0 Å². The first-order valence-corrected chi connectivity index (χ1v) is 8.03. The molecule has 5 nitrogen and oxygen atoms in total. The van der Waals surface area contributed by atoms with Crippen LogP contribution in [0.15, 0.2) is 42.9 Å². The molecule has 0 atom stereocenters. The Morgan fingerprint density at radius 3 is 2.78 bits per heavy atom. The normalized spacial score (nSPS) is 10.5. The summed E-state index contributed by atoms with van der Waals surface area (Å²) in [6.45, 7) is 4.47. The van der Waals surface area contributed by atoms with Crippen molar-refractivity contribution >= 4 is 17.2 Å². The van der Waals surface area contributed by atoms with Crippen LogP contribution in [0.4, 0.5) is 0 Å². The molecule has 0 fully saturated rings. The number of nitrogens with one attached hydrogen (secondary N) is 1. The summed E-state index contributed by atoms with van der Waals surface area (Å²) in [7, 11) is 0. The average Bonchev–Trinajstić information content (AvgIpc) is 2.94. The van der Waals surface area contributed by atoms with Gasteiger partial charge in [-0.25, -0.2) is 9.97 Å². The summed E-state index contributed by atoms with van der Waals surface area (Å²) >= 11 is 1.60. The van der Waals surface area contributed by atoms with E-state index in [1.165, 1.54) is 18.0 Å². The van der Waals surface area contributed by atoms with Crippen LogP contribution < -0.4 is 5.32 Å². The fourth-order valence-electron chi connectivity index (χ4n) is 2.19. The molecule has 1 N–H and O–H groups in total. The number of hydrogen-bond acceptors (Lipinski definition) is 5. The Bertz CT molecular complexity index is 830. The van der Waals surface area contributed by atoms with Crippen molar-refractivity contribution in [3.05, 3.63) is 64.7 Å². The van der Waals surface area contributed by atoms with Crippen molar-refractivity contribution in [3.8, 4) is 10.6 Å². The second kappa shape index (κ2) is 6.66. The number of nitrogens with zero attached hydrogens (tertiary/aromatic N) is 3. The third kappa shape index (κ3) is 3.43. The summed E-state index contributed by atoms with van der Waals surface area (Å²) in [5, 5.41) is 3.84. The second-order valence-corrected chi connectivity index (χ2v) is 6.20. The van der Waals surface area contributed by atoms with Crippen LogP contribution in [0.2, 0.25) is 0 Å². The van der Waals surface area contributed by atoms with Gasteiger partial charge in [0.2, 0.25) is 0 Å². The minimum Gasteiger partial charge on any atom is -0.346 e. The van der Waals surface area contributed by atoms with Crippen molar-refractivity contribution in [2.24, 2.45) is 0 Å². The zero-order chi connectivity index (χ0) is 16.2. The number of benzene rings is 1. The van der Waals surface area contributed by atoms with Gasteiger partial charge in [-0.15, -0.1) is 11.3 Å². The molecule has 0 unspecified atom stereocenters. The predicted octanol–water partition coefficient (Wildman–Crippen LogP) is 3.15. The number of amides is 1. The number of carbonyl (C=O) groups is 1. The van der Waals surface area contributed by atoms with Gasteiger partial charge < -0.3 is 5.32 Å². The summed E-state index contributed by atoms with van der Waals surface area (Å²) in [5.41, 5.74) is 3.57. The molecule has 3 aromatic rings. The largest absolute Gasteiger partial charge is 0.346 e. The highest BCUT2D eigenvalue weighted by Gasteiger charge is 2.13. The highest BCUT2D eigenvalue weighted by Crippen LogP contribution is 2.29. The highest BCUT2D eigenvalue weighted by atomic mass is 32.1. The fourth-order valence-corrected chi connectivity index (χ4v) is 3.28. The predicted molar refractivity (Wildman–Crippen MR) is 90.2 cm³/mol. The summed E-state index contributed by atoms with van der Waals surface area (Å²) in [6, 6.07) is 8.16. The fraction of sp³-hybridized carbons (Fsp3) is 0.176. The highest BCUT2D eigenvalue weighted by molar-refractivity contribution is 7.15. The van der Waals surface area contributed by atoms with Gasteiger partial charge in [-0.1, -0.05) is 24.3 Å². The molecular formula is C17H16N4OS. The lowest BCUT2D eigenvalue weighted by Gasteiger charge is -2.02. The lowest BCUT2D eigenvalue weighted by molar-refractivity contribution is 0.0946. The molecular weight excluding hydrogens is 308 g/mol. The van der Waals surface area contributed by atoms with Crippen LogP contribution in [0.5, 0.6) is 0 Å². The van der Waals surface area contributed by atoms with Crippen LogP contribution in [0, 0.1) is 13.8 Å². The van der Waals surface area contributed by atoms with Crippen LogP contribution in [0.1, 0.15) is 26.6 Å². The topological polar surface area (TPSA) is 67.8 Å². The Balaban J connectivity index is 1.75. The summed E-state index contributed by atoms with van der Waals surface area (Å²) < 4.78 is 0. The number of aryl methyl sites for hydroxylation is 2. The zero-order valence-corrected chi connectivity index (χ0v) is 13.7. The van der Waals surface area contributed by atoms with Gasteiger partial charge in [-0.05, 0) is 19.4 Å². The van der Waals surface area contributed by atoms with E-state index < -0.39 is 0 Å². The van der Waals surface area contributed by atoms with Crippen molar-refractivity contribution in [1.82, 2.24) is 20.3 Å². The van der Waals surface area contributed by atoms with E-state index in [-0.39, 0.29) is 5.91 Å². The molecule has 0 saturated carbocycles. The lowest BCUT2D eigenvalue weighted by atomic mass is 10.1. The first kappa shape index (κ1) is 15.3. The second-order valence-electron chi connectivity index (χ2n) is 5.12. The van der Waals surface area contributed by atoms with Gasteiger partial charge in [0.05, 0.1) is 18.4 Å². The smallest absolute Gasteiger partial charge is 0.271 e. The van der Waals surface area contributed by atoms with E-state index in [1.54, 1.807) is 17.5 Å². The molecule has 2 aromatic heterocycles. The Kier molecular flexibility index (Phi) is 4.43. The zero-order valence-electron chi connectivity index (χ0n) is 12.9. The van der Waals surface area contributed by atoms with Crippen LogP contribution >= 0.6 is 11.3 Å². The first-order chi connectivity index (χ1) is 11.1. The van der Waals surface area contributed by atoms with E-state index in [0.29, 0.717) is 12.2 Å². The van der Waals surface area contributed by atoms with Crippen molar-refractivity contribution < 1.29 is 4.79 Å². The number of hydrogen-bond donors (Lipinski definition) is 1. The third-order valence-corrected chi connectivity index (χ3v) is 4.66. The van der Waals surface area contributed by atoms with Crippen LogP contribution in [-0.4, -0.2) is 20.9 Å². The standard InChI is InChI=1S/C17H16N4OS/c1-11-5-3-4-6-13(11)17-21-12(2)15(23-17)10-20-16(22)14-9-18-7-8-19-14/h3-9H,10H2,1-2H3,(H,20,22). The molecule has 1 amide bonds. The molecule has 0 bridgehead atoms. The maximum absolute atomic E-state index is 12.0. The van der Waals surface area contributed by atoms with Crippen LogP contribution in [0.25, 0.3) is 10.6 Å². The lowest BCUT2D eigenvalue weighted by Crippen LogP contribution is -2.23. The molecule has 2 heterocycles. The van der Waals surface area contributed by atoms with E-state index in [1.807, 2.05) is 19.1 Å². The van der Waals surface area contributed by atoms with E-state index in [9.17, 15) is 4.79 Å². The van der Waals surface area contributed by atoms with Crippen molar-refractivity contribution in [3.63, 3.8) is 0 Å². The Hall–Kier alpha value is -2.60. The van der Waals surface area contributed by atoms with Crippen molar-refractivity contribution in [2.45, 2.75) is 20.4 Å². The first-order valence-electron chi connectivity index (χ1n) is 7.21. The van der Waals surface area contributed by atoms with E-state index in [4.69, 9.17) is 0 Å². The minimum atomic E-state index is -0.233.